The topological polar surface area (TPSA) is 41.5 Å². The number of nitrogens with one attached hydrogen (secondary N) is 1. The maximum atomic E-state index is 9.75. The molecule has 0 heterocycles. The largest absolute Gasteiger partial charge is 0.389 e. The van der Waals surface area contributed by atoms with Crippen LogP contribution in [-0.4, -0.2) is 37.0 Å². The van der Waals surface area contributed by atoms with Crippen LogP contribution in [0.15, 0.2) is 0 Å². The van der Waals surface area contributed by atoms with Crippen LogP contribution in [0.3, 0.4) is 0 Å². The molecule has 0 radical (unpaired) electrons. The van der Waals surface area contributed by atoms with E-state index >= 15 is 0 Å². The van der Waals surface area contributed by atoms with E-state index in [1.165, 1.54) is 12.8 Å². The van der Waals surface area contributed by atoms with E-state index in [1.54, 1.807) is 0 Å². The van der Waals surface area contributed by atoms with Gasteiger partial charge in [0, 0.05) is 6.54 Å². The molecule has 0 bridgehead atoms. The molecule has 3 heteroatoms. The molecule has 2 unspecified atom stereocenters. The van der Waals surface area contributed by atoms with Crippen molar-refractivity contribution in [2.24, 2.45) is 11.8 Å². The molecule has 0 spiro atoms. The van der Waals surface area contributed by atoms with Crippen LogP contribution in [0.5, 0.6) is 0 Å². The van der Waals surface area contributed by atoms with Gasteiger partial charge in [0.05, 0.1) is 18.8 Å². The second kappa shape index (κ2) is 10.8. The van der Waals surface area contributed by atoms with Gasteiger partial charge in [0.1, 0.15) is 0 Å². The van der Waals surface area contributed by atoms with Crippen LogP contribution in [0.1, 0.15) is 53.9 Å². The summed E-state index contributed by atoms with van der Waals surface area (Å²) in [6.45, 7) is 13.0. The SMILES string of the molecule is CC(C)CCCNCC(O)COC(C)CC(C)C. The van der Waals surface area contributed by atoms with Crippen molar-refractivity contribution in [3.8, 4) is 0 Å². The molecular weight excluding hydrogens is 226 g/mol. The Hall–Kier alpha value is -0.120. The molecule has 0 aliphatic rings. The third-order valence-corrected chi connectivity index (χ3v) is 2.89. The van der Waals surface area contributed by atoms with E-state index in [2.05, 4.69) is 39.9 Å². The van der Waals surface area contributed by atoms with Crippen molar-refractivity contribution in [2.45, 2.75) is 66.1 Å². The summed E-state index contributed by atoms with van der Waals surface area (Å²) in [5, 5.41) is 13.0. The van der Waals surface area contributed by atoms with Crippen molar-refractivity contribution in [1.29, 1.82) is 0 Å². The number of ether oxygens (including phenoxy) is 1. The Kier molecular flexibility index (Phi) is 10.7. The van der Waals surface area contributed by atoms with Crippen LogP contribution in [0.2, 0.25) is 0 Å². The zero-order valence-electron chi connectivity index (χ0n) is 12.9. The van der Waals surface area contributed by atoms with Gasteiger partial charge in [0.25, 0.3) is 0 Å². The van der Waals surface area contributed by atoms with Gasteiger partial charge in [-0.05, 0) is 44.6 Å². The van der Waals surface area contributed by atoms with Crippen LogP contribution in [0, 0.1) is 11.8 Å². The molecule has 0 amide bonds. The fourth-order valence-corrected chi connectivity index (χ4v) is 1.97. The lowest BCUT2D eigenvalue weighted by molar-refractivity contribution is -0.00844. The molecule has 0 fully saturated rings. The molecule has 0 aromatic heterocycles. The molecule has 0 aromatic carbocycles. The molecule has 0 aliphatic heterocycles. The van der Waals surface area contributed by atoms with Crippen molar-refractivity contribution in [2.75, 3.05) is 19.7 Å². The lowest BCUT2D eigenvalue weighted by atomic mass is 10.1. The van der Waals surface area contributed by atoms with Gasteiger partial charge < -0.3 is 15.2 Å². The summed E-state index contributed by atoms with van der Waals surface area (Å²) >= 11 is 0. The van der Waals surface area contributed by atoms with Crippen LogP contribution in [0.4, 0.5) is 0 Å². The van der Waals surface area contributed by atoms with Crippen molar-refractivity contribution >= 4 is 0 Å². The minimum absolute atomic E-state index is 0.237. The van der Waals surface area contributed by atoms with Gasteiger partial charge in [-0.3, -0.25) is 0 Å². The van der Waals surface area contributed by atoms with Crippen molar-refractivity contribution in [3.05, 3.63) is 0 Å². The summed E-state index contributed by atoms with van der Waals surface area (Å²) in [7, 11) is 0. The van der Waals surface area contributed by atoms with Gasteiger partial charge in [-0.1, -0.05) is 27.7 Å². The lowest BCUT2D eigenvalue weighted by Gasteiger charge is -2.18. The van der Waals surface area contributed by atoms with Gasteiger partial charge in [-0.15, -0.1) is 0 Å². The Bertz CT molecular complexity index is 183. The van der Waals surface area contributed by atoms with Gasteiger partial charge >= 0.3 is 0 Å². The number of hydrogen-bond donors (Lipinski definition) is 2. The summed E-state index contributed by atoms with van der Waals surface area (Å²) in [6.07, 6.45) is 3.31. The zero-order chi connectivity index (χ0) is 14.0. The fraction of sp³-hybridized carbons (Fsp3) is 1.00. The Morgan fingerprint density at radius 1 is 1.06 bits per heavy atom. The van der Waals surface area contributed by atoms with Crippen LogP contribution in [-0.2, 0) is 4.74 Å². The van der Waals surface area contributed by atoms with E-state index in [9.17, 15) is 5.11 Å². The minimum atomic E-state index is -0.390. The second-order valence-corrected chi connectivity index (χ2v) is 6.17. The van der Waals surface area contributed by atoms with E-state index < -0.39 is 6.10 Å². The van der Waals surface area contributed by atoms with Gasteiger partial charge in [-0.25, -0.2) is 0 Å². The average Bonchev–Trinajstić information content (AvgIpc) is 2.24. The highest BCUT2D eigenvalue weighted by atomic mass is 16.5. The smallest absolute Gasteiger partial charge is 0.0897 e. The van der Waals surface area contributed by atoms with Crippen LogP contribution < -0.4 is 5.32 Å². The second-order valence-electron chi connectivity index (χ2n) is 6.17. The van der Waals surface area contributed by atoms with Gasteiger partial charge in [-0.2, -0.15) is 0 Å². The lowest BCUT2D eigenvalue weighted by Crippen LogP contribution is -2.32. The fourth-order valence-electron chi connectivity index (χ4n) is 1.97. The van der Waals surface area contributed by atoms with E-state index in [1.807, 2.05) is 0 Å². The number of aliphatic hydroxyl groups excluding tert-OH is 1. The first-order valence-corrected chi connectivity index (χ1v) is 7.42. The molecular formula is C15H33NO2. The predicted molar refractivity (Wildman–Crippen MR) is 77.8 cm³/mol. The van der Waals surface area contributed by atoms with Crippen molar-refractivity contribution in [1.82, 2.24) is 5.32 Å². The van der Waals surface area contributed by atoms with E-state index in [4.69, 9.17) is 4.74 Å². The summed E-state index contributed by atoms with van der Waals surface area (Å²) in [5.74, 6) is 1.41. The molecule has 0 aromatic rings. The Morgan fingerprint density at radius 3 is 2.28 bits per heavy atom. The summed E-state index contributed by atoms with van der Waals surface area (Å²) < 4.78 is 5.62. The summed E-state index contributed by atoms with van der Waals surface area (Å²) in [4.78, 5) is 0. The van der Waals surface area contributed by atoms with E-state index in [0.29, 0.717) is 19.1 Å². The molecule has 0 saturated heterocycles. The third-order valence-electron chi connectivity index (χ3n) is 2.89. The monoisotopic (exact) mass is 259 g/mol. The maximum absolute atomic E-state index is 9.75. The van der Waals surface area contributed by atoms with Crippen molar-refractivity contribution in [3.63, 3.8) is 0 Å². The highest BCUT2D eigenvalue weighted by Gasteiger charge is 2.09. The molecule has 18 heavy (non-hydrogen) atoms. The standard InChI is InChI=1S/C15H33NO2/c1-12(2)7-6-8-16-10-15(17)11-18-14(5)9-13(3)4/h12-17H,6-11H2,1-5H3. The predicted octanol–water partition coefficient (Wildman–Crippen LogP) is 2.82. The average molecular weight is 259 g/mol. The normalized spacial score (nSPS) is 15.3. The van der Waals surface area contributed by atoms with Crippen molar-refractivity contribution < 1.29 is 9.84 Å². The Morgan fingerprint density at radius 2 is 1.72 bits per heavy atom. The summed E-state index contributed by atoms with van der Waals surface area (Å²) in [5.41, 5.74) is 0. The first-order valence-electron chi connectivity index (χ1n) is 7.42. The molecule has 2 atom stereocenters. The molecule has 0 aliphatic carbocycles. The van der Waals surface area contributed by atoms with Crippen LogP contribution >= 0.6 is 0 Å². The van der Waals surface area contributed by atoms with Gasteiger partial charge in [0.15, 0.2) is 0 Å². The molecule has 2 N–H and O–H groups in total. The first kappa shape index (κ1) is 17.9. The number of rotatable bonds is 11. The van der Waals surface area contributed by atoms with E-state index in [-0.39, 0.29) is 6.10 Å². The minimum Gasteiger partial charge on any atom is -0.389 e. The molecule has 0 rings (SSSR count). The quantitative estimate of drug-likeness (QED) is 0.561. The van der Waals surface area contributed by atoms with Crippen LogP contribution in [0.25, 0.3) is 0 Å². The molecule has 110 valence electrons. The summed E-state index contributed by atoms with van der Waals surface area (Å²) in [6, 6.07) is 0. The highest BCUT2D eigenvalue weighted by molar-refractivity contribution is 4.61. The Balaban J connectivity index is 3.39. The highest BCUT2D eigenvalue weighted by Crippen LogP contribution is 2.07. The maximum Gasteiger partial charge on any atom is 0.0897 e. The number of aliphatic hydroxyl groups is 1. The van der Waals surface area contributed by atoms with E-state index in [0.717, 1.165) is 18.9 Å². The third kappa shape index (κ3) is 12.3. The number of hydrogen-bond acceptors (Lipinski definition) is 3. The van der Waals surface area contributed by atoms with Gasteiger partial charge in [0.2, 0.25) is 0 Å². The zero-order valence-corrected chi connectivity index (χ0v) is 12.9. The molecule has 0 saturated carbocycles. The molecule has 3 nitrogen and oxygen atoms in total. The first-order chi connectivity index (χ1) is 8.41. The Labute approximate surface area is 113 Å².